The molecule has 7 heteroatoms. The predicted octanol–water partition coefficient (Wildman–Crippen LogP) is 3.40. The predicted molar refractivity (Wildman–Crippen MR) is 118 cm³/mol. The van der Waals surface area contributed by atoms with Crippen LogP contribution in [0, 0.1) is 0 Å². The van der Waals surface area contributed by atoms with Crippen molar-refractivity contribution in [3.63, 3.8) is 0 Å². The van der Waals surface area contributed by atoms with Crippen molar-refractivity contribution in [2.24, 2.45) is 0 Å². The van der Waals surface area contributed by atoms with Crippen LogP contribution in [-0.4, -0.2) is 44.0 Å². The number of carbonyl (C=O) groups is 2. The van der Waals surface area contributed by atoms with E-state index in [0.29, 0.717) is 34.2 Å². The van der Waals surface area contributed by atoms with E-state index >= 15 is 0 Å². The molecule has 0 N–H and O–H groups in total. The molecule has 2 atom stereocenters. The number of amides is 1. The highest BCUT2D eigenvalue weighted by molar-refractivity contribution is 6.14. The molecule has 162 valence electrons. The molecular weight excluding hydrogens is 408 g/mol. The van der Waals surface area contributed by atoms with E-state index in [4.69, 9.17) is 14.2 Å². The van der Waals surface area contributed by atoms with Gasteiger partial charge in [-0.25, -0.2) is 4.98 Å². The summed E-state index contributed by atoms with van der Waals surface area (Å²) in [4.78, 5) is 32.1. The molecule has 1 aliphatic heterocycles. The third-order valence-electron chi connectivity index (χ3n) is 6.34. The van der Waals surface area contributed by atoms with E-state index < -0.39 is 5.41 Å². The summed E-state index contributed by atoms with van der Waals surface area (Å²) >= 11 is 0. The lowest BCUT2D eigenvalue weighted by molar-refractivity contribution is -0.124. The molecule has 2 aliphatic rings. The number of rotatable bonds is 7. The fourth-order valence-electron chi connectivity index (χ4n) is 4.54. The first-order valence-corrected chi connectivity index (χ1v) is 10.2. The van der Waals surface area contributed by atoms with Gasteiger partial charge < -0.3 is 14.2 Å². The molecule has 1 amide bonds. The second kappa shape index (κ2) is 7.37. The van der Waals surface area contributed by atoms with E-state index in [1.165, 1.54) is 13.3 Å². The summed E-state index contributed by atoms with van der Waals surface area (Å²) in [6.07, 6.45) is 2.24. The van der Waals surface area contributed by atoms with Crippen LogP contribution < -0.4 is 19.1 Å². The number of carbonyl (C=O) groups excluding carboxylic acids is 2. The van der Waals surface area contributed by atoms with Crippen LogP contribution in [0.25, 0.3) is 0 Å². The fraction of sp³-hybridized carbons (Fsp3) is 0.240. The summed E-state index contributed by atoms with van der Waals surface area (Å²) in [5, 5.41) is 0. The van der Waals surface area contributed by atoms with Crippen molar-refractivity contribution in [3.8, 4) is 17.2 Å². The lowest BCUT2D eigenvalue weighted by Crippen LogP contribution is -2.55. The first-order valence-electron chi connectivity index (χ1n) is 10.2. The van der Waals surface area contributed by atoms with E-state index in [9.17, 15) is 9.59 Å². The Kier molecular flexibility index (Phi) is 4.62. The third-order valence-corrected chi connectivity index (χ3v) is 6.34. The first kappa shape index (κ1) is 20.1. The second-order valence-corrected chi connectivity index (χ2v) is 7.87. The van der Waals surface area contributed by atoms with Crippen LogP contribution in [0.15, 0.2) is 60.8 Å². The van der Waals surface area contributed by atoms with Gasteiger partial charge >= 0.3 is 0 Å². The number of fused-ring (bicyclic) bond motifs is 1. The number of hydrogen-bond donors (Lipinski definition) is 0. The lowest BCUT2D eigenvalue weighted by atomic mass is 9.87. The van der Waals surface area contributed by atoms with E-state index in [-0.39, 0.29) is 17.7 Å². The zero-order valence-corrected chi connectivity index (χ0v) is 18.0. The van der Waals surface area contributed by atoms with E-state index in [1.54, 1.807) is 49.5 Å². The highest BCUT2D eigenvalue weighted by atomic mass is 16.5. The zero-order valence-electron chi connectivity index (χ0n) is 18.0. The Morgan fingerprint density at radius 2 is 1.72 bits per heavy atom. The topological polar surface area (TPSA) is 78.0 Å². The molecule has 1 aliphatic carbocycles. The molecular formula is C25H22N2O5. The summed E-state index contributed by atoms with van der Waals surface area (Å²) in [7, 11) is 4.69. The average molecular weight is 430 g/mol. The number of β-lactam (4-membered cyclic amide) rings is 1. The van der Waals surface area contributed by atoms with Gasteiger partial charge in [0, 0.05) is 11.8 Å². The van der Waals surface area contributed by atoms with Gasteiger partial charge in [-0.2, -0.15) is 0 Å². The summed E-state index contributed by atoms with van der Waals surface area (Å²) in [6.45, 7) is 0. The van der Waals surface area contributed by atoms with Gasteiger partial charge in [0.1, 0.15) is 11.6 Å². The standard InChI is InChI=1S/C25H22N2O5/c1-30-18-7-5-4-6-17(18)23(28)15-8-11-22(26-14-15)27-21-13-25(21,24(27)29)16-9-10-19(31-2)20(12-16)32-3/h4-12,14,21H,13H2,1-3H3/t21-,25?/m0/s1. The van der Waals surface area contributed by atoms with Crippen molar-refractivity contribution in [2.75, 3.05) is 26.2 Å². The van der Waals surface area contributed by atoms with Crippen LogP contribution >= 0.6 is 0 Å². The summed E-state index contributed by atoms with van der Waals surface area (Å²) in [5.41, 5.74) is 1.31. The van der Waals surface area contributed by atoms with Crippen molar-refractivity contribution in [2.45, 2.75) is 17.9 Å². The van der Waals surface area contributed by atoms with Crippen LogP contribution in [0.2, 0.25) is 0 Å². The molecule has 0 bridgehead atoms. The van der Waals surface area contributed by atoms with Gasteiger partial charge in [0.05, 0.1) is 38.3 Å². The number of para-hydroxylation sites is 1. The summed E-state index contributed by atoms with van der Waals surface area (Å²) < 4.78 is 16.0. The quantitative estimate of drug-likeness (QED) is 0.422. The van der Waals surface area contributed by atoms with Gasteiger partial charge in [-0.05, 0) is 48.4 Å². The molecule has 2 fully saturated rings. The van der Waals surface area contributed by atoms with Crippen LogP contribution in [0.5, 0.6) is 17.2 Å². The fourth-order valence-corrected chi connectivity index (χ4v) is 4.54. The molecule has 0 radical (unpaired) electrons. The van der Waals surface area contributed by atoms with Crippen LogP contribution in [-0.2, 0) is 10.2 Å². The van der Waals surface area contributed by atoms with Gasteiger partial charge in [0.15, 0.2) is 17.3 Å². The van der Waals surface area contributed by atoms with Crippen molar-refractivity contribution in [1.82, 2.24) is 4.98 Å². The molecule has 32 heavy (non-hydrogen) atoms. The number of pyridine rings is 1. The molecule has 2 heterocycles. The SMILES string of the molecule is COc1ccc(C23C[C@@H]2N(c2ccc(C(=O)c4ccccc4OC)cn2)C3=O)cc1OC. The Labute approximate surface area is 185 Å². The van der Waals surface area contributed by atoms with E-state index in [0.717, 1.165) is 12.0 Å². The number of ketones is 1. The maximum atomic E-state index is 13.1. The molecule has 2 aromatic carbocycles. The van der Waals surface area contributed by atoms with Gasteiger partial charge in [-0.15, -0.1) is 0 Å². The highest BCUT2D eigenvalue weighted by Crippen LogP contribution is 2.62. The van der Waals surface area contributed by atoms with E-state index in [1.807, 2.05) is 24.3 Å². The molecule has 1 unspecified atom stereocenters. The van der Waals surface area contributed by atoms with Gasteiger partial charge in [0.2, 0.25) is 5.91 Å². The third kappa shape index (κ3) is 2.77. The smallest absolute Gasteiger partial charge is 0.241 e. The minimum atomic E-state index is -0.521. The summed E-state index contributed by atoms with van der Waals surface area (Å²) in [5.74, 6) is 2.12. The van der Waals surface area contributed by atoms with Crippen molar-refractivity contribution in [1.29, 1.82) is 0 Å². The van der Waals surface area contributed by atoms with Crippen molar-refractivity contribution in [3.05, 3.63) is 77.5 Å². The Hall–Kier alpha value is -3.87. The lowest BCUT2D eigenvalue weighted by Gasteiger charge is -2.37. The summed E-state index contributed by atoms with van der Waals surface area (Å²) in [6, 6.07) is 16.1. The maximum absolute atomic E-state index is 13.1. The van der Waals surface area contributed by atoms with Crippen molar-refractivity contribution >= 4 is 17.5 Å². The monoisotopic (exact) mass is 430 g/mol. The zero-order chi connectivity index (χ0) is 22.5. The Morgan fingerprint density at radius 1 is 0.969 bits per heavy atom. The molecule has 1 saturated heterocycles. The van der Waals surface area contributed by atoms with Crippen molar-refractivity contribution < 1.29 is 23.8 Å². The number of aromatic nitrogens is 1. The number of anilines is 1. The normalized spacial score (nSPS) is 20.8. The molecule has 5 rings (SSSR count). The molecule has 3 aromatic rings. The number of ether oxygens (including phenoxy) is 3. The Bertz CT molecular complexity index is 1220. The minimum absolute atomic E-state index is 0.00558. The average Bonchev–Trinajstić information content (AvgIpc) is 3.53. The number of nitrogens with zero attached hydrogens (tertiary/aromatic N) is 2. The number of benzene rings is 2. The molecule has 1 aromatic heterocycles. The van der Waals surface area contributed by atoms with Gasteiger partial charge in [-0.1, -0.05) is 18.2 Å². The van der Waals surface area contributed by atoms with Crippen LogP contribution in [0.1, 0.15) is 27.9 Å². The first-order chi connectivity index (χ1) is 15.5. The molecule has 1 saturated carbocycles. The second-order valence-electron chi connectivity index (χ2n) is 7.87. The largest absolute Gasteiger partial charge is 0.496 e. The number of methoxy groups -OCH3 is 3. The molecule has 0 spiro atoms. The van der Waals surface area contributed by atoms with E-state index in [2.05, 4.69) is 4.98 Å². The van der Waals surface area contributed by atoms with Crippen LogP contribution in [0.3, 0.4) is 0 Å². The van der Waals surface area contributed by atoms with Crippen LogP contribution in [0.4, 0.5) is 5.82 Å². The Morgan fingerprint density at radius 3 is 2.38 bits per heavy atom. The van der Waals surface area contributed by atoms with Gasteiger partial charge in [-0.3, -0.25) is 14.5 Å². The highest BCUT2D eigenvalue weighted by Gasteiger charge is 2.75. The number of hydrogen-bond acceptors (Lipinski definition) is 6. The maximum Gasteiger partial charge on any atom is 0.241 e. The molecule has 7 nitrogen and oxygen atoms in total. The Balaban J connectivity index is 1.36. The minimum Gasteiger partial charge on any atom is -0.496 e. The van der Waals surface area contributed by atoms with Gasteiger partial charge in [0.25, 0.3) is 0 Å².